The van der Waals surface area contributed by atoms with Crippen LogP contribution >= 0.6 is 59.4 Å². The Morgan fingerprint density at radius 1 is 0.833 bits per heavy atom. The monoisotopic (exact) mass is 452 g/mol. The lowest BCUT2D eigenvalue weighted by Gasteiger charge is -2.23. The van der Waals surface area contributed by atoms with Gasteiger partial charge < -0.3 is 9.47 Å². The molecule has 0 saturated carbocycles. The molecule has 1 aliphatic heterocycles. The molecule has 2 aromatic rings. The van der Waals surface area contributed by atoms with Crippen molar-refractivity contribution in [2.75, 3.05) is 0 Å². The van der Waals surface area contributed by atoms with Crippen LogP contribution in [0.2, 0.25) is 5.02 Å². The lowest BCUT2D eigenvalue weighted by atomic mass is 10.2. The first-order chi connectivity index (χ1) is 8.56. The van der Waals surface area contributed by atoms with E-state index in [-0.39, 0.29) is 0 Å². The summed E-state index contributed by atoms with van der Waals surface area (Å²) in [5, 5.41) is 0.485. The highest BCUT2D eigenvalue weighted by atomic mass is 79.9. The molecule has 18 heavy (non-hydrogen) atoms. The Bertz CT molecular complexity index is 658. The molecule has 1 heterocycles. The number of hydrogen-bond donors (Lipinski definition) is 0. The van der Waals surface area contributed by atoms with Gasteiger partial charge in [-0.2, -0.15) is 0 Å². The average molecular weight is 455 g/mol. The van der Waals surface area contributed by atoms with Gasteiger partial charge in [0.15, 0.2) is 23.0 Å². The zero-order valence-electron chi connectivity index (χ0n) is 8.64. The minimum atomic E-state index is 0.485. The Kier molecular flexibility index (Phi) is 3.34. The molecule has 0 fully saturated rings. The molecule has 0 bridgehead atoms. The summed E-state index contributed by atoms with van der Waals surface area (Å²) < 4.78 is 14.0. The molecule has 0 aromatic heterocycles. The van der Waals surface area contributed by atoms with Crippen molar-refractivity contribution in [1.29, 1.82) is 0 Å². The van der Waals surface area contributed by atoms with Gasteiger partial charge in [0.25, 0.3) is 0 Å². The zero-order valence-corrected chi connectivity index (χ0v) is 14.2. The van der Waals surface area contributed by atoms with Crippen molar-refractivity contribution in [1.82, 2.24) is 0 Å². The minimum absolute atomic E-state index is 0.485. The van der Waals surface area contributed by atoms with Gasteiger partial charge in [0.2, 0.25) is 0 Å². The Balaban J connectivity index is 2.19. The largest absolute Gasteiger partial charge is 0.448 e. The van der Waals surface area contributed by atoms with Crippen LogP contribution in [0.4, 0.5) is 0 Å². The summed E-state index contributed by atoms with van der Waals surface area (Å²) in [4.78, 5) is 0. The summed E-state index contributed by atoms with van der Waals surface area (Å²) in [5.41, 5.74) is 0. The van der Waals surface area contributed by atoms with Crippen molar-refractivity contribution in [2.24, 2.45) is 0 Å². The Hall–Kier alpha value is -0.230. The van der Waals surface area contributed by atoms with Crippen LogP contribution in [0.25, 0.3) is 0 Å². The molecule has 0 N–H and O–H groups in total. The van der Waals surface area contributed by atoms with Gasteiger partial charge >= 0.3 is 0 Å². The maximum Gasteiger partial charge on any atom is 0.191 e. The standard InChI is InChI=1S/C12H4Br3ClO2/c13-5-1-2-8-9(3-5)18-12-10(16)6(14)4-7(15)11(12)17-8/h1-4H. The molecule has 3 rings (SSSR count). The zero-order chi connectivity index (χ0) is 12.9. The van der Waals surface area contributed by atoms with Crippen molar-refractivity contribution in [3.8, 4) is 23.0 Å². The molecule has 2 nitrogen and oxygen atoms in total. The first kappa shape index (κ1) is 12.8. The molecule has 0 unspecified atom stereocenters. The molecule has 0 aliphatic carbocycles. The predicted octanol–water partition coefficient (Wildman–Crippen LogP) is 6.53. The van der Waals surface area contributed by atoms with Crippen molar-refractivity contribution in [2.45, 2.75) is 0 Å². The summed E-state index contributed by atoms with van der Waals surface area (Å²) in [6.07, 6.45) is 0. The van der Waals surface area contributed by atoms with E-state index in [0.717, 1.165) is 13.4 Å². The van der Waals surface area contributed by atoms with Gasteiger partial charge in [-0.15, -0.1) is 0 Å². The van der Waals surface area contributed by atoms with Crippen molar-refractivity contribution in [3.63, 3.8) is 0 Å². The second-order valence-electron chi connectivity index (χ2n) is 3.61. The highest BCUT2D eigenvalue weighted by Crippen LogP contribution is 2.53. The first-order valence-electron chi connectivity index (χ1n) is 4.89. The first-order valence-corrected chi connectivity index (χ1v) is 7.64. The molecule has 0 atom stereocenters. The van der Waals surface area contributed by atoms with E-state index in [0.29, 0.717) is 28.0 Å². The van der Waals surface area contributed by atoms with E-state index in [2.05, 4.69) is 47.8 Å². The van der Waals surface area contributed by atoms with Gasteiger partial charge in [-0.3, -0.25) is 0 Å². The smallest absolute Gasteiger partial charge is 0.191 e. The molecule has 6 heteroatoms. The number of benzene rings is 2. The van der Waals surface area contributed by atoms with Crippen LogP contribution < -0.4 is 9.47 Å². The Labute approximate surface area is 134 Å². The van der Waals surface area contributed by atoms with E-state index in [1.165, 1.54) is 0 Å². The SMILES string of the molecule is Clc1c(Br)cc(Br)c2c1Oc1cc(Br)ccc1O2. The van der Waals surface area contributed by atoms with Crippen molar-refractivity contribution < 1.29 is 9.47 Å². The molecule has 1 aliphatic rings. The number of rotatable bonds is 0. The Morgan fingerprint density at radius 3 is 2.33 bits per heavy atom. The normalized spacial score (nSPS) is 12.2. The second-order valence-corrected chi connectivity index (χ2v) is 6.61. The molecule has 0 saturated heterocycles. The van der Waals surface area contributed by atoms with E-state index in [1.54, 1.807) is 0 Å². The van der Waals surface area contributed by atoms with Crippen LogP contribution in [0, 0.1) is 0 Å². The van der Waals surface area contributed by atoms with Gasteiger partial charge in [0.1, 0.15) is 5.02 Å². The number of fused-ring (bicyclic) bond motifs is 2. The summed E-state index contributed by atoms with van der Waals surface area (Å²) in [6, 6.07) is 7.39. The Morgan fingerprint density at radius 2 is 1.56 bits per heavy atom. The molecule has 2 aromatic carbocycles. The van der Waals surface area contributed by atoms with E-state index in [1.807, 2.05) is 24.3 Å². The minimum Gasteiger partial charge on any atom is -0.448 e. The van der Waals surface area contributed by atoms with Gasteiger partial charge in [-0.05, 0) is 56.1 Å². The van der Waals surface area contributed by atoms with Gasteiger partial charge in [-0.1, -0.05) is 27.5 Å². The van der Waals surface area contributed by atoms with Crippen LogP contribution in [0.1, 0.15) is 0 Å². The van der Waals surface area contributed by atoms with Crippen LogP contribution in [-0.4, -0.2) is 0 Å². The summed E-state index contributed by atoms with van der Waals surface area (Å²) >= 11 is 16.4. The fourth-order valence-corrected chi connectivity index (χ4v) is 3.33. The molecular weight excluding hydrogens is 451 g/mol. The maximum atomic E-state index is 6.20. The van der Waals surface area contributed by atoms with Crippen molar-refractivity contribution in [3.05, 3.63) is 42.7 Å². The van der Waals surface area contributed by atoms with Crippen LogP contribution in [0.3, 0.4) is 0 Å². The number of hydrogen-bond acceptors (Lipinski definition) is 2. The molecular formula is C12H4Br3ClO2. The summed E-state index contributed by atoms with van der Waals surface area (Å²) in [5.74, 6) is 2.37. The average Bonchev–Trinajstić information content (AvgIpc) is 2.34. The lowest BCUT2D eigenvalue weighted by molar-refractivity contribution is 0.357. The number of halogens is 4. The summed E-state index contributed by atoms with van der Waals surface area (Å²) in [7, 11) is 0. The van der Waals surface area contributed by atoms with Gasteiger partial charge in [-0.25, -0.2) is 0 Å². The maximum absolute atomic E-state index is 6.20. The third kappa shape index (κ3) is 2.07. The van der Waals surface area contributed by atoms with Crippen LogP contribution in [0.5, 0.6) is 23.0 Å². The quantitative estimate of drug-likeness (QED) is 0.359. The van der Waals surface area contributed by atoms with Gasteiger partial charge in [0, 0.05) is 8.95 Å². The van der Waals surface area contributed by atoms with Gasteiger partial charge in [0.05, 0.1) is 4.47 Å². The topological polar surface area (TPSA) is 18.5 Å². The fraction of sp³-hybridized carbons (Fsp3) is 0. The van der Waals surface area contributed by atoms with Crippen LogP contribution in [0.15, 0.2) is 37.7 Å². The number of ether oxygens (including phenoxy) is 2. The predicted molar refractivity (Wildman–Crippen MR) is 81.1 cm³/mol. The molecule has 92 valence electrons. The molecule has 0 spiro atoms. The van der Waals surface area contributed by atoms with Crippen molar-refractivity contribution >= 4 is 59.4 Å². The van der Waals surface area contributed by atoms with E-state index in [4.69, 9.17) is 21.1 Å². The highest BCUT2D eigenvalue weighted by Gasteiger charge is 2.25. The van der Waals surface area contributed by atoms with E-state index in [9.17, 15) is 0 Å². The summed E-state index contributed by atoms with van der Waals surface area (Å²) in [6.45, 7) is 0. The fourth-order valence-electron chi connectivity index (χ4n) is 1.61. The third-order valence-corrected chi connectivity index (χ3v) is 4.73. The third-order valence-electron chi connectivity index (χ3n) is 2.42. The van der Waals surface area contributed by atoms with Crippen LogP contribution in [-0.2, 0) is 0 Å². The van der Waals surface area contributed by atoms with E-state index >= 15 is 0 Å². The second kappa shape index (κ2) is 4.71. The molecule has 0 amide bonds. The highest BCUT2D eigenvalue weighted by molar-refractivity contribution is 9.11. The molecule has 0 radical (unpaired) electrons. The van der Waals surface area contributed by atoms with E-state index < -0.39 is 0 Å². The lowest BCUT2D eigenvalue weighted by Crippen LogP contribution is -2.00.